The summed E-state index contributed by atoms with van der Waals surface area (Å²) in [5, 5.41) is 10.5. The Morgan fingerprint density at radius 2 is 1.86 bits per heavy atom. The fraction of sp³-hybridized carbons (Fsp3) is 0.606. The van der Waals surface area contributed by atoms with Gasteiger partial charge in [-0.05, 0) is 30.9 Å². The highest BCUT2D eigenvalue weighted by molar-refractivity contribution is 9.09. The number of unbranched alkanes of at least 4 members (excludes halogenated alkanes) is 2. The maximum absolute atomic E-state index is 14.7. The van der Waals surface area contributed by atoms with Gasteiger partial charge in [0, 0.05) is 35.4 Å². The van der Waals surface area contributed by atoms with Crippen molar-refractivity contribution in [1.29, 1.82) is 0 Å². The Morgan fingerprint density at radius 1 is 1.17 bits per heavy atom. The van der Waals surface area contributed by atoms with E-state index in [1.165, 1.54) is 0 Å². The molecule has 0 aliphatic carbocycles. The number of amides is 3. The number of para-hydroxylation sites is 1. The van der Waals surface area contributed by atoms with Gasteiger partial charge in [0.05, 0.1) is 29.2 Å². The maximum atomic E-state index is 14.7. The highest BCUT2D eigenvalue weighted by Crippen LogP contribution is 2.68. The molecule has 1 N–H and O–H groups in total. The number of halogens is 1. The van der Waals surface area contributed by atoms with Crippen molar-refractivity contribution in [2.24, 2.45) is 17.8 Å². The molecule has 3 amide bonds. The molecule has 9 heteroatoms. The average molecular weight is 661 g/mol. The molecule has 3 aliphatic rings. The summed E-state index contributed by atoms with van der Waals surface area (Å²) < 4.78 is -0.769. The van der Waals surface area contributed by atoms with Crippen molar-refractivity contribution in [3.63, 3.8) is 0 Å². The van der Waals surface area contributed by atoms with Crippen molar-refractivity contribution in [3.05, 3.63) is 55.6 Å². The van der Waals surface area contributed by atoms with Gasteiger partial charge in [0.25, 0.3) is 0 Å². The maximum Gasteiger partial charge on any atom is 0.247 e. The van der Waals surface area contributed by atoms with Crippen LogP contribution in [-0.4, -0.2) is 85.8 Å². The number of fused-ring (bicyclic) bond motifs is 1. The largest absolute Gasteiger partial charge is 0.394 e. The molecule has 1 spiro atoms. The highest BCUT2D eigenvalue weighted by Gasteiger charge is 2.76. The summed E-state index contributed by atoms with van der Waals surface area (Å²) in [4.78, 5) is 49.1. The Labute approximate surface area is 263 Å². The average Bonchev–Trinajstić information content (AvgIpc) is 3.59. The first-order valence-corrected chi connectivity index (χ1v) is 17.1. The van der Waals surface area contributed by atoms with Crippen molar-refractivity contribution in [2.75, 3.05) is 31.1 Å². The SMILES string of the molecule is C=CCN(CCCCC)C(=O)C1N([C@@H](CO)[C@@H](C)CC)C(=O)[C@@H]2[C@@H](C(=O)N(CC=C)c3ccccc3)[C@@H]3SC12CC3Br. The van der Waals surface area contributed by atoms with Crippen LogP contribution >= 0.6 is 27.7 Å². The number of anilines is 1. The number of carbonyl (C=O) groups is 3. The standard InChI is InChI=1S/C33H46BrN3O4S/c1-6-10-14-19-35(17-7-2)32(41)29-33-20-24(34)28(42-33)26(27(33)31(40)37(29)25(21-38)22(5)9-4)30(39)36(18-8-3)23-15-12-11-13-16-23/h7-8,11-13,15-16,22,24-29,38H,2-3,6,9-10,14,17-21H2,1,4-5H3/t22-,24?,25-,26+,27-,28+,29?,33?/m0/s1. The van der Waals surface area contributed by atoms with Crippen LogP contribution in [-0.2, 0) is 14.4 Å². The van der Waals surface area contributed by atoms with E-state index in [0.29, 0.717) is 26.1 Å². The number of likely N-dealkylation sites (tertiary alicyclic amines) is 1. The fourth-order valence-electron chi connectivity index (χ4n) is 7.21. The number of hydrogen-bond donors (Lipinski definition) is 1. The number of nitrogens with zero attached hydrogens (tertiary/aromatic N) is 3. The number of rotatable bonds is 15. The van der Waals surface area contributed by atoms with E-state index in [2.05, 4.69) is 36.0 Å². The number of aliphatic hydroxyl groups is 1. The van der Waals surface area contributed by atoms with Gasteiger partial charge in [-0.2, -0.15) is 0 Å². The van der Waals surface area contributed by atoms with E-state index in [1.54, 1.807) is 33.7 Å². The third-order valence-corrected chi connectivity index (χ3v) is 12.6. The van der Waals surface area contributed by atoms with Crippen LogP contribution in [0.15, 0.2) is 55.6 Å². The Balaban J connectivity index is 1.82. The van der Waals surface area contributed by atoms with Crippen LogP contribution < -0.4 is 4.90 Å². The van der Waals surface area contributed by atoms with Gasteiger partial charge in [-0.1, -0.05) is 86.3 Å². The quantitative estimate of drug-likeness (QED) is 0.157. The minimum absolute atomic E-state index is 0.0184. The van der Waals surface area contributed by atoms with Gasteiger partial charge in [-0.3, -0.25) is 14.4 Å². The van der Waals surface area contributed by atoms with Gasteiger partial charge >= 0.3 is 0 Å². The zero-order chi connectivity index (χ0) is 30.6. The highest BCUT2D eigenvalue weighted by atomic mass is 79.9. The molecule has 3 fully saturated rings. The van der Waals surface area contributed by atoms with Gasteiger partial charge in [0.1, 0.15) is 6.04 Å². The second kappa shape index (κ2) is 14.1. The van der Waals surface area contributed by atoms with Gasteiger partial charge in [-0.25, -0.2) is 0 Å². The first-order chi connectivity index (χ1) is 20.2. The summed E-state index contributed by atoms with van der Waals surface area (Å²) in [6, 6.07) is 8.21. The van der Waals surface area contributed by atoms with Gasteiger partial charge < -0.3 is 19.8 Å². The molecular weight excluding hydrogens is 614 g/mol. The predicted octanol–water partition coefficient (Wildman–Crippen LogP) is 5.28. The number of thioether (sulfide) groups is 1. The Bertz CT molecular complexity index is 1150. The molecule has 42 heavy (non-hydrogen) atoms. The number of benzene rings is 1. The summed E-state index contributed by atoms with van der Waals surface area (Å²) in [7, 11) is 0. The summed E-state index contributed by atoms with van der Waals surface area (Å²) in [6.45, 7) is 15.0. The van der Waals surface area contributed by atoms with Gasteiger partial charge in [0.2, 0.25) is 17.7 Å². The molecule has 0 radical (unpaired) electrons. The normalized spacial score (nSPS) is 29.2. The molecule has 3 unspecified atom stereocenters. The van der Waals surface area contributed by atoms with E-state index < -0.39 is 28.7 Å². The van der Waals surface area contributed by atoms with Crippen LogP contribution in [0.25, 0.3) is 0 Å². The molecule has 3 heterocycles. The topological polar surface area (TPSA) is 81.2 Å². The molecule has 0 saturated carbocycles. The van der Waals surface area contributed by atoms with E-state index in [0.717, 1.165) is 31.4 Å². The Morgan fingerprint density at radius 3 is 2.45 bits per heavy atom. The second-order valence-corrected chi connectivity index (χ2v) is 14.6. The molecule has 1 aromatic carbocycles. The van der Waals surface area contributed by atoms with Crippen LogP contribution in [0.4, 0.5) is 5.69 Å². The lowest BCUT2D eigenvalue weighted by atomic mass is 9.70. The van der Waals surface area contributed by atoms with Crippen molar-refractivity contribution >= 4 is 51.1 Å². The molecule has 0 aromatic heterocycles. The molecule has 8 atom stereocenters. The molecule has 3 saturated heterocycles. The molecule has 230 valence electrons. The molecule has 2 bridgehead atoms. The molecular formula is C33H46BrN3O4S. The Kier molecular flexibility index (Phi) is 11.0. The smallest absolute Gasteiger partial charge is 0.247 e. The minimum atomic E-state index is -0.769. The molecule has 1 aromatic rings. The molecule has 7 nitrogen and oxygen atoms in total. The fourth-order valence-corrected chi connectivity index (χ4v) is 10.8. The van der Waals surface area contributed by atoms with Crippen LogP contribution in [0, 0.1) is 17.8 Å². The summed E-state index contributed by atoms with van der Waals surface area (Å²) in [5.74, 6) is -1.68. The lowest BCUT2D eigenvalue weighted by molar-refractivity contribution is -0.146. The zero-order valence-corrected chi connectivity index (χ0v) is 27.6. The van der Waals surface area contributed by atoms with E-state index in [1.807, 2.05) is 49.1 Å². The van der Waals surface area contributed by atoms with Crippen molar-refractivity contribution < 1.29 is 19.5 Å². The van der Waals surface area contributed by atoms with Crippen LogP contribution in [0.5, 0.6) is 0 Å². The monoisotopic (exact) mass is 659 g/mol. The van der Waals surface area contributed by atoms with Crippen LogP contribution in [0.1, 0.15) is 52.9 Å². The lowest BCUT2D eigenvalue weighted by Crippen LogP contribution is -2.59. The zero-order valence-electron chi connectivity index (χ0n) is 25.2. The summed E-state index contributed by atoms with van der Waals surface area (Å²) in [5.41, 5.74) is 0.756. The van der Waals surface area contributed by atoms with Crippen molar-refractivity contribution in [2.45, 2.75) is 79.8 Å². The third kappa shape index (κ3) is 5.73. The van der Waals surface area contributed by atoms with Gasteiger partial charge in [0.15, 0.2) is 0 Å². The number of alkyl halides is 1. The third-order valence-electron chi connectivity index (χ3n) is 9.43. The lowest BCUT2D eigenvalue weighted by Gasteiger charge is -2.41. The van der Waals surface area contributed by atoms with E-state index in [4.69, 9.17) is 0 Å². The molecule has 4 rings (SSSR count). The van der Waals surface area contributed by atoms with E-state index in [-0.39, 0.29) is 40.3 Å². The minimum Gasteiger partial charge on any atom is -0.394 e. The van der Waals surface area contributed by atoms with Gasteiger partial charge in [-0.15, -0.1) is 24.9 Å². The predicted molar refractivity (Wildman–Crippen MR) is 175 cm³/mol. The number of aliphatic hydroxyl groups excluding tert-OH is 1. The second-order valence-electron chi connectivity index (χ2n) is 11.9. The Hall–Kier alpha value is -2.10. The van der Waals surface area contributed by atoms with Crippen molar-refractivity contribution in [3.8, 4) is 0 Å². The molecule has 3 aliphatic heterocycles. The van der Waals surface area contributed by atoms with E-state index in [9.17, 15) is 19.5 Å². The first kappa shape index (κ1) is 32.8. The summed E-state index contributed by atoms with van der Waals surface area (Å²) >= 11 is 5.52. The number of hydrogen-bond acceptors (Lipinski definition) is 5. The first-order valence-electron chi connectivity index (χ1n) is 15.3. The van der Waals surface area contributed by atoms with Crippen LogP contribution in [0.3, 0.4) is 0 Å². The van der Waals surface area contributed by atoms with E-state index >= 15 is 0 Å². The van der Waals surface area contributed by atoms with Crippen molar-refractivity contribution in [1.82, 2.24) is 9.80 Å². The van der Waals surface area contributed by atoms with Crippen LogP contribution in [0.2, 0.25) is 0 Å². The number of carbonyl (C=O) groups excluding carboxylic acids is 3. The summed E-state index contributed by atoms with van der Waals surface area (Å²) in [6.07, 6.45) is 7.71.